The minimum Gasteiger partial charge on any atom is -0.466 e. The molecule has 0 aliphatic heterocycles. The van der Waals surface area contributed by atoms with Gasteiger partial charge in [-0.05, 0) is 51.4 Å². The summed E-state index contributed by atoms with van der Waals surface area (Å²) in [4.78, 5) is 24.6. The SMILES string of the molecule is CCCCCCCCCCCCCCCCCCCCCCCCCCC(O)C(CO)NC(=O)CCCCCCCCCCCC/C=C\CCCCCCCCCCCCCCOC(=O)CCCCCCCCCCCCCC. The highest BCUT2D eigenvalue weighted by molar-refractivity contribution is 5.76. The highest BCUT2D eigenvalue weighted by Crippen LogP contribution is 2.19. The van der Waals surface area contributed by atoms with E-state index in [9.17, 15) is 19.8 Å². The van der Waals surface area contributed by atoms with E-state index in [1.807, 2.05) is 0 Å². The van der Waals surface area contributed by atoms with Crippen molar-refractivity contribution in [1.29, 1.82) is 0 Å². The van der Waals surface area contributed by atoms with Gasteiger partial charge in [-0.1, -0.05) is 366 Å². The quantitative estimate of drug-likeness (QED) is 0.0320. The van der Waals surface area contributed by atoms with E-state index >= 15 is 0 Å². The highest BCUT2D eigenvalue weighted by Gasteiger charge is 2.20. The number of rotatable bonds is 69. The summed E-state index contributed by atoms with van der Waals surface area (Å²) in [6, 6.07) is -0.544. The van der Waals surface area contributed by atoms with Crippen LogP contribution in [0.15, 0.2) is 12.2 Å². The average molecular weight is 1110 g/mol. The van der Waals surface area contributed by atoms with Crippen LogP contribution in [0.5, 0.6) is 0 Å². The smallest absolute Gasteiger partial charge is 0.305 e. The monoisotopic (exact) mass is 1110 g/mol. The number of esters is 1. The molecule has 0 heterocycles. The van der Waals surface area contributed by atoms with Gasteiger partial charge in [-0.25, -0.2) is 0 Å². The summed E-state index contributed by atoms with van der Waals surface area (Å²) < 4.78 is 5.48. The Kier molecular flexibility index (Phi) is 67.9. The molecular formula is C73H143NO5. The largest absolute Gasteiger partial charge is 0.466 e. The zero-order valence-electron chi connectivity index (χ0n) is 53.9. The lowest BCUT2D eigenvalue weighted by atomic mass is 10.0. The van der Waals surface area contributed by atoms with Crippen LogP contribution in [0.1, 0.15) is 418 Å². The van der Waals surface area contributed by atoms with Gasteiger partial charge in [0.15, 0.2) is 0 Å². The summed E-state index contributed by atoms with van der Waals surface area (Å²) in [5.41, 5.74) is 0. The van der Waals surface area contributed by atoms with Crippen molar-refractivity contribution in [2.24, 2.45) is 0 Å². The Morgan fingerprint density at radius 2 is 0.595 bits per heavy atom. The van der Waals surface area contributed by atoms with Crippen molar-refractivity contribution in [2.75, 3.05) is 13.2 Å². The third kappa shape index (κ3) is 65.6. The first kappa shape index (κ1) is 77.6. The number of ether oxygens (including phenoxy) is 1. The molecule has 0 radical (unpaired) electrons. The Balaban J connectivity index is 3.39. The number of hydrogen-bond acceptors (Lipinski definition) is 5. The number of unbranched alkanes of at least 4 members (excludes halogenated alkanes) is 56. The predicted molar refractivity (Wildman–Crippen MR) is 347 cm³/mol. The predicted octanol–water partition coefficient (Wildman–Crippen LogP) is 23.5. The first-order valence-electron chi connectivity index (χ1n) is 36.4. The van der Waals surface area contributed by atoms with E-state index in [0.29, 0.717) is 25.9 Å². The number of aliphatic hydroxyl groups is 2. The van der Waals surface area contributed by atoms with Crippen molar-refractivity contribution >= 4 is 11.9 Å². The fourth-order valence-electron chi connectivity index (χ4n) is 11.8. The van der Waals surface area contributed by atoms with Crippen molar-refractivity contribution in [1.82, 2.24) is 5.32 Å². The highest BCUT2D eigenvalue weighted by atomic mass is 16.5. The zero-order chi connectivity index (χ0) is 57.1. The Labute approximate surface area is 495 Å². The minimum atomic E-state index is -0.666. The van der Waals surface area contributed by atoms with E-state index in [2.05, 4.69) is 31.3 Å². The summed E-state index contributed by atoms with van der Waals surface area (Å²) in [7, 11) is 0. The summed E-state index contributed by atoms with van der Waals surface area (Å²) in [5, 5.41) is 23.5. The number of carbonyl (C=O) groups is 2. The van der Waals surface area contributed by atoms with Gasteiger partial charge >= 0.3 is 5.97 Å². The van der Waals surface area contributed by atoms with E-state index in [4.69, 9.17) is 4.74 Å². The van der Waals surface area contributed by atoms with Crippen LogP contribution in [0.4, 0.5) is 0 Å². The van der Waals surface area contributed by atoms with Crippen LogP contribution in [-0.4, -0.2) is 47.4 Å². The van der Waals surface area contributed by atoms with Crippen molar-refractivity contribution < 1.29 is 24.5 Å². The average Bonchev–Trinajstić information content (AvgIpc) is 3.45. The molecule has 0 fully saturated rings. The topological polar surface area (TPSA) is 95.9 Å². The van der Waals surface area contributed by atoms with Crippen LogP contribution in [0.25, 0.3) is 0 Å². The molecule has 2 atom stereocenters. The lowest BCUT2D eigenvalue weighted by Gasteiger charge is -2.22. The molecule has 79 heavy (non-hydrogen) atoms. The minimum absolute atomic E-state index is 0.0162. The Morgan fingerprint density at radius 3 is 0.899 bits per heavy atom. The van der Waals surface area contributed by atoms with Crippen molar-refractivity contribution in [2.45, 2.75) is 431 Å². The summed E-state index contributed by atoms with van der Waals surface area (Å²) >= 11 is 0. The molecule has 2 unspecified atom stereocenters. The molecule has 0 aromatic heterocycles. The first-order chi connectivity index (χ1) is 39.0. The van der Waals surface area contributed by atoms with Gasteiger partial charge in [0.2, 0.25) is 5.91 Å². The standard InChI is InChI=1S/C73H143NO5/c1-3-5-7-9-11-13-15-17-18-19-20-21-22-27-30-33-36-39-42-45-49-53-57-61-65-71(76)70(69-75)74-72(77)66-62-58-54-50-46-43-40-37-34-31-28-25-23-24-26-29-32-35-38-41-44-48-52-56-60-64-68-79-73(78)67-63-59-55-51-47-16-14-12-10-8-6-4-2/h23,25,70-71,75-76H,3-22,24,26-69H2,1-2H3,(H,74,77)/b25-23-. The molecule has 0 bridgehead atoms. The second kappa shape index (κ2) is 69.1. The maximum Gasteiger partial charge on any atom is 0.305 e. The third-order valence-electron chi connectivity index (χ3n) is 17.3. The molecule has 6 heteroatoms. The van der Waals surface area contributed by atoms with Crippen molar-refractivity contribution in [3.05, 3.63) is 12.2 Å². The van der Waals surface area contributed by atoms with Crippen LogP contribution in [0.3, 0.4) is 0 Å². The summed E-state index contributed by atoms with van der Waals surface area (Å²) in [6.07, 6.45) is 85.5. The van der Waals surface area contributed by atoms with Gasteiger partial charge in [0.1, 0.15) is 0 Å². The van der Waals surface area contributed by atoms with Crippen molar-refractivity contribution in [3.63, 3.8) is 0 Å². The van der Waals surface area contributed by atoms with Gasteiger partial charge < -0.3 is 20.3 Å². The molecule has 0 aliphatic rings. The number of amides is 1. The molecule has 0 saturated heterocycles. The third-order valence-corrected chi connectivity index (χ3v) is 17.3. The molecule has 0 rings (SSSR count). The van der Waals surface area contributed by atoms with Gasteiger partial charge in [0, 0.05) is 12.8 Å². The second-order valence-corrected chi connectivity index (χ2v) is 25.3. The number of nitrogens with one attached hydrogen (secondary N) is 1. The van der Waals surface area contributed by atoms with Crippen LogP contribution < -0.4 is 5.32 Å². The lowest BCUT2D eigenvalue weighted by molar-refractivity contribution is -0.143. The molecule has 0 aromatic carbocycles. The van der Waals surface area contributed by atoms with Crippen LogP contribution in [0.2, 0.25) is 0 Å². The molecule has 6 nitrogen and oxygen atoms in total. The summed E-state index contributed by atoms with van der Waals surface area (Å²) in [5.74, 6) is -0.0151. The van der Waals surface area contributed by atoms with E-state index in [1.165, 1.54) is 347 Å². The van der Waals surface area contributed by atoms with Crippen LogP contribution in [0, 0.1) is 0 Å². The Hall–Kier alpha value is -1.40. The molecular weight excluding hydrogens is 971 g/mol. The van der Waals surface area contributed by atoms with Gasteiger partial charge in [-0.15, -0.1) is 0 Å². The zero-order valence-corrected chi connectivity index (χ0v) is 53.9. The molecule has 0 aromatic rings. The lowest BCUT2D eigenvalue weighted by Crippen LogP contribution is -2.45. The number of aliphatic hydroxyl groups excluding tert-OH is 2. The van der Waals surface area contributed by atoms with E-state index in [-0.39, 0.29) is 18.5 Å². The normalized spacial score (nSPS) is 12.5. The number of allylic oxidation sites excluding steroid dienone is 2. The molecule has 1 amide bonds. The molecule has 3 N–H and O–H groups in total. The van der Waals surface area contributed by atoms with Gasteiger partial charge in [-0.2, -0.15) is 0 Å². The van der Waals surface area contributed by atoms with Gasteiger partial charge in [0.05, 0.1) is 25.4 Å². The van der Waals surface area contributed by atoms with E-state index in [1.54, 1.807) is 0 Å². The maximum atomic E-state index is 12.6. The van der Waals surface area contributed by atoms with Crippen LogP contribution in [-0.2, 0) is 14.3 Å². The van der Waals surface area contributed by atoms with E-state index < -0.39 is 12.1 Å². The molecule has 0 saturated carbocycles. The molecule has 0 spiro atoms. The van der Waals surface area contributed by atoms with E-state index in [0.717, 1.165) is 38.5 Å². The number of carbonyl (C=O) groups excluding carboxylic acids is 2. The van der Waals surface area contributed by atoms with Crippen molar-refractivity contribution in [3.8, 4) is 0 Å². The Bertz CT molecular complexity index is 1190. The maximum absolute atomic E-state index is 12.6. The second-order valence-electron chi connectivity index (χ2n) is 25.3. The fourth-order valence-corrected chi connectivity index (χ4v) is 11.8. The van der Waals surface area contributed by atoms with Crippen LogP contribution >= 0.6 is 0 Å². The molecule has 0 aliphatic carbocycles. The number of hydrogen-bond donors (Lipinski definition) is 3. The molecule has 470 valence electrons. The van der Waals surface area contributed by atoms with Gasteiger partial charge in [0.25, 0.3) is 0 Å². The fraction of sp³-hybridized carbons (Fsp3) is 0.945. The Morgan fingerprint density at radius 1 is 0.342 bits per heavy atom. The first-order valence-corrected chi connectivity index (χ1v) is 36.4. The summed E-state index contributed by atoms with van der Waals surface area (Å²) in [6.45, 7) is 5.00. The van der Waals surface area contributed by atoms with Gasteiger partial charge in [-0.3, -0.25) is 9.59 Å².